The molecular weight excluding hydrogens is 476 g/mol. The molecule has 0 bridgehead atoms. The number of rotatable bonds is 10. The van der Waals surface area contributed by atoms with Gasteiger partial charge < -0.3 is 19.7 Å². The molecule has 5 rings (SSSR count). The first-order valence-electron chi connectivity index (χ1n) is 12.3. The van der Waals surface area contributed by atoms with Gasteiger partial charge in [-0.2, -0.15) is 0 Å². The van der Waals surface area contributed by atoms with Crippen molar-refractivity contribution < 1.29 is 14.3 Å². The zero-order chi connectivity index (χ0) is 24.7. The van der Waals surface area contributed by atoms with Crippen LogP contribution in [-0.4, -0.2) is 58.1 Å². The Hall–Kier alpha value is -3.66. The summed E-state index contributed by atoms with van der Waals surface area (Å²) in [7, 11) is 0. The van der Waals surface area contributed by atoms with Crippen LogP contribution in [0.3, 0.4) is 0 Å². The van der Waals surface area contributed by atoms with Crippen molar-refractivity contribution in [3.05, 3.63) is 53.9 Å². The van der Waals surface area contributed by atoms with Crippen molar-refractivity contribution in [1.82, 2.24) is 24.7 Å². The quantitative estimate of drug-likeness (QED) is 0.325. The first-order valence-corrected chi connectivity index (χ1v) is 13.2. The number of amides is 1. The van der Waals surface area contributed by atoms with Gasteiger partial charge in [0.25, 0.3) is 0 Å². The Morgan fingerprint density at radius 1 is 1.11 bits per heavy atom. The molecule has 4 heterocycles. The van der Waals surface area contributed by atoms with Gasteiger partial charge in [-0.25, -0.2) is 15.0 Å². The third-order valence-corrected chi connectivity index (χ3v) is 6.96. The molecular formula is C26H30N6O3S. The number of benzene rings is 1. The van der Waals surface area contributed by atoms with Crippen LogP contribution in [0.15, 0.2) is 48.2 Å². The summed E-state index contributed by atoms with van der Waals surface area (Å²) in [6, 6.07) is 9.75. The summed E-state index contributed by atoms with van der Waals surface area (Å²) in [6.45, 7) is 5.37. The van der Waals surface area contributed by atoms with Gasteiger partial charge in [-0.15, -0.1) is 11.3 Å². The van der Waals surface area contributed by atoms with E-state index in [4.69, 9.17) is 14.5 Å². The number of nitrogens with one attached hydrogen (secondary N) is 1. The summed E-state index contributed by atoms with van der Waals surface area (Å²) in [5.74, 6) is 2.20. The van der Waals surface area contributed by atoms with Crippen molar-refractivity contribution in [2.24, 2.45) is 0 Å². The zero-order valence-corrected chi connectivity index (χ0v) is 21.2. The SMILES string of the molecule is CCOc1ccc(-c2cn3c(CC(=O)NCCOc4cc(N5CCCCC5)ncn4)csc3n2)cc1. The Morgan fingerprint density at radius 2 is 1.94 bits per heavy atom. The van der Waals surface area contributed by atoms with E-state index in [0.29, 0.717) is 25.6 Å². The Kier molecular flexibility index (Phi) is 7.61. The summed E-state index contributed by atoms with van der Waals surface area (Å²) < 4.78 is 13.3. The van der Waals surface area contributed by atoms with Gasteiger partial charge in [-0.3, -0.25) is 9.20 Å². The molecule has 36 heavy (non-hydrogen) atoms. The highest BCUT2D eigenvalue weighted by atomic mass is 32.1. The van der Waals surface area contributed by atoms with Crippen LogP contribution >= 0.6 is 11.3 Å². The fourth-order valence-corrected chi connectivity index (χ4v) is 5.13. The highest BCUT2D eigenvalue weighted by Gasteiger charge is 2.14. The normalized spacial score (nSPS) is 13.6. The fraction of sp³-hybridized carbons (Fsp3) is 0.385. The number of thiazole rings is 1. The van der Waals surface area contributed by atoms with Crippen molar-refractivity contribution in [3.63, 3.8) is 0 Å². The van der Waals surface area contributed by atoms with E-state index in [0.717, 1.165) is 46.6 Å². The topological polar surface area (TPSA) is 93.9 Å². The third kappa shape index (κ3) is 5.76. The molecule has 1 fully saturated rings. The van der Waals surface area contributed by atoms with Gasteiger partial charge in [0.05, 0.1) is 25.3 Å². The predicted octanol–water partition coefficient (Wildman–Crippen LogP) is 3.98. The van der Waals surface area contributed by atoms with Gasteiger partial charge in [0.15, 0.2) is 4.96 Å². The van der Waals surface area contributed by atoms with Gasteiger partial charge >= 0.3 is 0 Å². The molecule has 4 aromatic rings. The minimum atomic E-state index is -0.0636. The second-order valence-corrected chi connectivity index (χ2v) is 9.44. The second kappa shape index (κ2) is 11.4. The second-order valence-electron chi connectivity index (χ2n) is 8.60. The number of aromatic nitrogens is 4. The summed E-state index contributed by atoms with van der Waals surface area (Å²) in [5, 5.41) is 4.91. The van der Waals surface area contributed by atoms with E-state index < -0.39 is 0 Å². The summed E-state index contributed by atoms with van der Waals surface area (Å²) in [5.41, 5.74) is 2.78. The first-order chi connectivity index (χ1) is 17.7. The smallest absolute Gasteiger partial charge is 0.226 e. The van der Waals surface area contributed by atoms with Gasteiger partial charge in [0.1, 0.15) is 24.5 Å². The number of ether oxygens (including phenoxy) is 2. The number of hydrogen-bond donors (Lipinski definition) is 1. The standard InChI is InChI=1S/C26H30N6O3S/c1-2-34-21-8-6-19(7-9-21)22-16-32-20(17-36-26(32)30-22)14-24(33)27-10-13-35-25-15-23(28-18-29-25)31-11-4-3-5-12-31/h6-9,15-18H,2-5,10-14H2,1H3,(H,27,33). The lowest BCUT2D eigenvalue weighted by Gasteiger charge is -2.27. The average molecular weight is 507 g/mol. The minimum absolute atomic E-state index is 0.0636. The van der Waals surface area contributed by atoms with Crippen LogP contribution in [-0.2, 0) is 11.2 Å². The minimum Gasteiger partial charge on any atom is -0.494 e. The maximum atomic E-state index is 12.6. The molecule has 10 heteroatoms. The van der Waals surface area contributed by atoms with E-state index in [2.05, 4.69) is 20.2 Å². The van der Waals surface area contributed by atoms with Crippen molar-refractivity contribution >= 4 is 28.0 Å². The molecule has 1 N–H and O–H groups in total. The number of anilines is 1. The van der Waals surface area contributed by atoms with Crippen LogP contribution in [0.1, 0.15) is 31.9 Å². The lowest BCUT2D eigenvalue weighted by atomic mass is 10.1. The maximum Gasteiger partial charge on any atom is 0.226 e. The van der Waals surface area contributed by atoms with Crippen LogP contribution in [0.25, 0.3) is 16.2 Å². The number of nitrogens with zero attached hydrogens (tertiary/aromatic N) is 5. The molecule has 188 valence electrons. The Morgan fingerprint density at radius 3 is 2.75 bits per heavy atom. The van der Waals surface area contributed by atoms with Gasteiger partial charge in [-0.1, -0.05) is 0 Å². The Balaban J connectivity index is 1.12. The van der Waals surface area contributed by atoms with E-state index in [9.17, 15) is 4.79 Å². The summed E-state index contributed by atoms with van der Waals surface area (Å²) in [6.07, 6.45) is 7.42. The number of carbonyl (C=O) groups is 1. The molecule has 0 radical (unpaired) electrons. The summed E-state index contributed by atoms with van der Waals surface area (Å²) in [4.78, 5) is 29.0. The van der Waals surface area contributed by atoms with E-state index in [-0.39, 0.29) is 12.3 Å². The number of hydrogen-bond acceptors (Lipinski definition) is 8. The third-order valence-electron chi connectivity index (χ3n) is 6.07. The van der Waals surface area contributed by atoms with Crippen molar-refractivity contribution in [2.45, 2.75) is 32.6 Å². The van der Waals surface area contributed by atoms with E-state index in [1.165, 1.54) is 36.9 Å². The fourth-order valence-electron chi connectivity index (χ4n) is 4.26. The van der Waals surface area contributed by atoms with Crippen LogP contribution in [0, 0.1) is 0 Å². The van der Waals surface area contributed by atoms with E-state index >= 15 is 0 Å². The molecule has 1 saturated heterocycles. The molecule has 0 spiro atoms. The number of piperidine rings is 1. The van der Waals surface area contributed by atoms with Gasteiger partial charge in [0.2, 0.25) is 11.8 Å². The molecule has 1 aromatic carbocycles. The van der Waals surface area contributed by atoms with Crippen LogP contribution in [0.4, 0.5) is 5.82 Å². The van der Waals surface area contributed by atoms with E-state index in [1.54, 1.807) is 0 Å². The summed E-state index contributed by atoms with van der Waals surface area (Å²) >= 11 is 1.53. The number of imidazole rings is 1. The molecule has 0 saturated carbocycles. The first kappa shape index (κ1) is 24.1. The number of fused-ring (bicyclic) bond motifs is 1. The lowest BCUT2D eigenvalue weighted by molar-refractivity contribution is -0.120. The van der Waals surface area contributed by atoms with Crippen molar-refractivity contribution in [2.75, 3.05) is 37.7 Å². The molecule has 0 unspecified atom stereocenters. The molecule has 1 aliphatic rings. The maximum absolute atomic E-state index is 12.6. The van der Waals surface area contributed by atoms with Gasteiger partial charge in [0, 0.05) is 42.0 Å². The Bertz CT molecular complexity index is 1300. The van der Waals surface area contributed by atoms with Crippen LogP contribution in [0.2, 0.25) is 0 Å². The van der Waals surface area contributed by atoms with Crippen LogP contribution < -0.4 is 19.7 Å². The molecule has 1 amide bonds. The van der Waals surface area contributed by atoms with Crippen LogP contribution in [0.5, 0.6) is 11.6 Å². The molecule has 9 nitrogen and oxygen atoms in total. The Labute approximate surface area is 214 Å². The molecule has 3 aromatic heterocycles. The molecule has 0 aliphatic carbocycles. The predicted molar refractivity (Wildman–Crippen MR) is 140 cm³/mol. The number of carbonyl (C=O) groups excluding carboxylic acids is 1. The molecule has 0 atom stereocenters. The average Bonchev–Trinajstić information content (AvgIpc) is 3.50. The van der Waals surface area contributed by atoms with Crippen molar-refractivity contribution in [1.29, 1.82) is 0 Å². The van der Waals surface area contributed by atoms with Gasteiger partial charge in [-0.05, 0) is 50.5 Å². The lowest BCUT2D eigenvalue weighted by Crippen LogP contribution is -2.30. The monoisotopic (exact) mass is 506 g/mol. The van der Waals surface area contributed by atoms with Crippen molar-refractivity contribution in [3.8, 4) is 22.9 Å². The van der Waals surface area contributed by atoms with E-state index in [1.807, 2.05) is 53.2 Å². The molecule has 1 aliphatic heterocycles. The highest BCUT2D eigenvalue weighted by Crippen LogP contribution is 2.26. The highest BCUT2D eigenvalue weighted by molar-refractivity contribution is 7.15. The zero-order valence-electron chi connectivity index (χ0n) is 20.4. The largest absolute Gasteiger partial charge is 0.494 e.